The summed E-state index contributed by atoms with van der Waals surface area (Å²) in [7, 11) is 0. The standard InChI is InChI=1S/C33H38N6O2/c1-24(2)30-20-31(36-35-30)33(41)38-18-17-37(22-26-9-5-4-6-10-26)15-8-16-39(25(3)40)32-13-12-27(19-29(32)23-38)28-11-7-14-34-21-28/h4-7,9-14,19-21,24H,8,15-18,22-23H2,1-3H3,(H,35,36). The molecule has 3 heterocycles. The number of anilines is 1. The average Bonchev–Trinajstić information content (AvgIpc) is 3.48. The molecule has 2 aromatic carbocycles. The minimum Gasteiger partial charge on any atom is -0.332 e. The molecule has 0 spiro atoms. The van der Waals surface area contributed by atoms with Gasteiger partial charge in [-0.25, -0.2) is 0 Å². The van der Waals surface area contributed by atoms with Crippen LogP contribution in [0, 0.1) is 0 Å². The van der Waals surface area contributed by atoms with E-state index in [1.807, 2.05) is 52.4 Å². The Bertz CT molecular complexity index is 1470. The van der Waals surface area contributed by atoms with Crippen LogP contribution in [-0.4, -0.2) is 63.0 Å². The van der Waals surface area contributed by atoms with E-state index in [0.29, 0.717) is 31.9 Å². The van der Waals surface area contributed by atoms with Crippen LogP contribution in [0.25, 0.3) is 11.1 Å². The molecule has 1 aliphatic heterocycles. The zero-order valence-electron chi connectivity index (χ0n) is 24.1. The zero-order valence-corrected chi connectivity index (χ0v) is 24.1. The number of nitrogens with zero attached hydrogens (tertiary/aromatic N) is 5. The van der Waals surface area contributed by atoms with Crippen LogP contribution in [0.15, 0.2) is 79.1 Å². The van der Waals surface area contributed by atoms with Crippen LogP contribution in [-0.2, 0) is 17.9 Å². The lowest BCUT2D eigenvalue weighted by atomic mass is 10.0. The van der Waals surface area contributed by atoms with Gasteiger partial charge in [0.25, 0.3) is 5.91 Å². The Morgan fingerprint density at radius 3 is 2.46 bits per heavy atom. The Morgan fingerprint density at radius 1 is 0.927 bits per heavy atom. The highest BCUT2D eigenvalue weighted by atomic mass is 16.2. The molecular formula is C33H38N6O2. The minimum atomic E-state index is -0.126. The van der Waals surface area contributed by atoms with Crippen molar-refractivity contribution in [2.24, 2.45) is 0 Å². The SMILES string of the molecule is CC(=O)N1CCCN(Cc2ccccc2)CCN(C(=O)c2cc(C(C)C)[nH]n2)Cc2cc(-c3cccnc3)ccc21. The lowest BCUT2D eigenvalue weighted by molar-refractivity contribution is -0.116. The second kappa shape index (κ2) is 12.9. The molecular weight excluding hydrogens is 512 g/mol. The molecule has 0 fully saturated rings. The maximum atomic E-state index is 14.0. The first-order chi connectivity index (χ1) is 19.9. The fourth-order valence-electron chi connectivity index (χ4n) is 5.32. The molecule has 1 aliphatic rings. The van der Waals surface area contributed by atoms with Gasteiger partial charge in [0.05, 0.1) is 0 Å². The first kappa shape index (κ1) is 28.2. The number of H-pyrrole nitrogens is 1. The molecule has 2 amide bonds. The number of aromatic amines is 1. The second-order valence-electron chi connectivity index (χ2n) is 11.0. The normalized spacial score (nSPS) is 14.9. The number of nitrogens with one attached hydrogen (secondary N) is 1. The maximum absolute atomic E-state index is 14.0. The number of carbonyl (C=O) groups excluding carboxylic acids is 2. The topological polar surface area (TPSA) is 85.4 Å². The molecule has 1 N–H and O–H groups in total. The second-order valence-corrected chi connectivity index (χ2v) is 11.0. The van der Waals surface area contributed by atoms with Crippen LogP contribution in [0.1, 0.15) is 60.4 Å². The van der Waals surface area contributed by atoms with Gasteiger partial charge in [0.1, 0.15) is 5.69 Å². The summed E-state index contributed by atoms with van der Waals surface area (Å²) >= 11 is 0. The van der Waals surface area contributed by atoms with Gasteiger partial charge in [-0.05, 0) is 58.9 Å². The van der Waals surface area contributed by atoms with Crippen LogP contribution >= 0.6 is 0 Å². The van der Waals surface area contributed by atoms with Crippen molar-refractivity contribution in [3.8, 4) is 11.1 Å². The van der Waals surface area contributed by atoms with E-state index in [2.05, 4.69) is 64.3 Å². The summed E-state index contributed by atoms with van der Waals surface area (Å²) in [4.78, 5) is 37.3. The van der Waals surface area contributed by atoms with Gasteiger partial charge in [0.15, 0.2) is 0 Å². The first-order valence-electron chi connectivity index (χ1n) is 14.3. The van der Waals surface area contributed by atoms with Gasteiger partial charge in [0.2, 0.25) is 5.91 Å². The summed E-state index contributed by atoms with van der Waals surface area (Å²) in [6.07, 6.45) is 4.40. The Morgan fingerprint density at radius 2 is 1.76 bits per heavy atom. The highest BCUT2D eigenvalue weighted by Gasteiger charge is 2.25. The number of carbonyl (C=O) groups is 2. The molecule has 0 radical (unpaired) electrons. The molecule has 4 aromatic rings. The Hall–Kier alpha value is -4.30. The lowest BCUT2D eigenvalue weighted by Gasteiger charge is -2.28. The van der Waals surface area contributed by atoms with Crippen molar-refractivity contribution in [2.75, 3.05) is 31.1 Å². The minimum absolute atomic E-state index is 0.0130. The van der Waals surface area contributed by atoms with Gasteiger partial charge in [-0.2, -0.15) is 5.10 Å². The molecule has 0 unspecified atom stereocenters. The van der Waals surface area contributed by atoms with Crippen LogP contribution in [0.3, 0.4) is 0 Å². The predicted molar refractivity (Wildman–Crippen MR) is 161 cm³/mol. The Kier molecular flexibility index (Phi) is 8.89. The fraction of sp³-hybridized carbons (Fsp3) is 0.333. The average molecular weight is 551 g/mol. The van der Waals surface area contributed by atoms with Gasteiger partial charge in [-0.3, -0.25) is 24.6 Å². The molecule has 8 nitrogen and oxygen atoms in total. The van der Waals surface area contributed by atoms with Crippen molar-refractivity contribution in [3.05, 3.63) is 102 Å². The van der Waals surface area contributed by atoms with E-state index in [1.54, 1.807) is 13.1 Å². The van der Waals surface area contributed by atoms with Gasteiger partial charge in [-0.1, -0.05) is 56.3 Å². The molecule has 212 valence electrons. The number of pyridine rings is 1. The fourth-order valence-corrected chi connectivity index (χ4v) is 5.32. The van der Waals surface area contributed by atoms with E-state index < -0.39 is 0 Å². The van der Waals surface area contributed by atoms with Gasteiger partial charge in [0, 0.05) is 70.0 Å². The largest absolute Gasteiger partial charge is 0.332 e. The molecule has 0 aliphatic carbocycles. The highest BCUT2D eigenvalue weighted by Crippen LogP contribution is 2.30. The molecule has 0 saturated heterocycles. The van der Waals surface area contributed by atoms with Gasteiger partial charge >= 0.3 is 0 Å². The van der Waals surface area contributed by atoms with Crippen LogP contribution in [0.4, 0.5) is 5.69 Å². The number of hydrogen-bond donors (Lipinski definition) is 1. The quantitative estimate of drug-likeness (QED) is 0.355. The van der Waals surface area contributed by atoms with E-state index in [9.17, 15) is 9.59 Å². The van der Waals surface area contributed by atoms with Crippen molar-refractivity contribution in [1.82, 2.24) is 25.0 Å². The molecule has 0 atom stereocenters. The summed E-state index contributed by atoms with van der Waals surface area (Å²) in [6, 6.07) is 22.3. The van der Waals surface area contributed by atoms with Gasteiger partial charge in [-0.15, -0.1) is 0 Å². The molecule has 41 heavy (non-hydrogen) atoms. The first-order valence-corrected chi connectivity index (χ1v) is 14.3. The summed E-state index contributed by atoms with van der Waals surface area (Å²) in [6.45, 7) is 9.54. The summed E-state index contributed by atoms with van der Waals surface area (Å²) in [5.74, 6) is 0.0972. The van der Waals surface area contributed by atoms with E-state index in [4.69, 9.17) is 0 Å². The highest BCUT2D eigenvalue weighted by molar-refractivity contribution is 5.94. The van der Waals surface area contributed by atoms with E-state index in [0.717, 1.165) is 47.6 Å². The third kappa shape index (κ3) is 6.89. The summed E-state index contributed by atoms with van der Waals surface area (Å²) in [5, 5.41) is 7.41. The van der Waals surface area contributed by atoms with Gasteiger partial charge < -0.3 is 9.80 Å². The van der Waals surface area contributed by atoms with E-state index in [1.165, 1.54) is 5.56 Å². The van der Waals surface area contributed by atoms with Crippen molar-refractivity contribution in [1.29, 1.82) is 0 Å². The monoisotopic (exact) mass is 550 g/mol. The van der Waals surface area contributed by atoms with Crippen molar-refractivity contribution < 1.29 is 9.59 Å². The third-order valence-electron chi connectivity index (χ3n) is 7.62. The third-order valence-corrected chi connectivity index (χ3v) is 7.62. The summed E-state index contributed by atoms with van der Waals surface area (Å²) < 4.78 is 0. The van der Waals surface area contributed by atoms with Crippen molar-refractivity contribution >= 4 is 17.5 Å². The molecule has 8 heteroatoms. The molecule has 2 aromatic heterocycles. The lowest BCUT2D eigenvalue weighted by Crippen LogP contribution is -2.38. The number of aromatic nitrogens is 3. The Balaban J connectivity index is 1.53. The number of amides is 2. The molecule has 5 rings (SSSR count). The predicted octanol–water partition coefficient (Wildman–Crippen LogP) is 5.50. The van der Waals surface area contributed by atoms with E-state index in [-0.39, 0.29) is 17.7 Å². The zero-order chi connectivity index (χ0) is 28.8. The summed E-state index contributed by atoms with van der Waals surface area (Å²) in [5.41, 5.74) is 6.30. The molecule has 0 bridgehead atoms. The number of benzene rings is 2. The number of hydrogen-bond acceptors (Lipinski definition) is 5. The van der Waals surface area contributed by atoms with E-state index >= 15 is 0 Å². The Labute approximate surface area is 242 Å². The van der Waals surface area contributed by atoms with Crippen molar-refractivity contribution in [3.63, 3.8) is 0 Å². The maximum Gasteiger partial charge on any atom is 0.274 e. The van der Waals surface area contributed by atoms with Crippen LogP contribution in [0.5, 0.6) is 0 Å². The van der Waals surface area contributed by atoms with Crippen LogP contribution in [0.2, 0.25) is 0 Å². The number of fused-ring (bicyclic) bond motifs is 1. The van der Waals surface area contributed by atoms with Crippen LogP contribution < -0.4 is 4.90 Å². The smallest absolute Gasteiger partial charge is 0.274 e. The number of rotatable bonds is 5. The molecule has 0 saturated carbocycles. The van der Waals surface area contributed by atoms with Crippen molar-refractivity contribution in [2.45, 2.75) is 46.2 Å².